The average Bonchev–Trinajstić information content (AvgIpc) is 3.18. The quantitative estimate of drug-likeness (QED) is 0.635. The van der Waals surface area contributed by atoms with Crippen LogP contribution in [0.3, 0.4) is 0 Å². The Morgan fingerprint density at radius 1 is 1.28 bits per heavy atom. The zero-order chi connectivity index (χ0) is 20.8. The van der Waals surface area contributed by atoms with Crippen molar-refractivity contribution < 1.29 is 18.8 Å². The van der Waals surface area contributed by atoms with Crippen LogP contribution in [0.4, 0.5) is 10.6 Å². The van der Waals surface area contributed by atoms with Crippen LogP contribution in [0.5, 0.6) is 0 Å². The number of amides is 2. The van der Waals surface area contributed by atoms with Crippen molar-refractivity contribution in [1.29, 1.82) is 0 Å². The number of ether oxygens (including phenoxy) is 1. The molecule has 158 valence electrons. The largest absolute Gasteiger partial charge is 0.446 e. The summed E-state index contributed by atoms with van der Waals surface area (Å²) in [7, 11) is 0. The number of anilines is 1. The van der Waals surface area contributed by atoms with Gasteiger partial charge in [-0.2, -0.15) is 5.10 Å². The Labute approximate surface area is 169 Å². The lowest BCUT2D eigenvalue weighted by Crippen LogP contribution is -2.33. The second-order valence-electron chi connectivity index (χ2n) is 7.90. The molecule has 2 heterocycles. The smallest absolute Gasteiger partial charge is 0.407 e. The number of aryl methyl sites for hydroxylation is 1. The fourth-order valence-electron chi connectivity index (χ4n) is 3.57. The van der Waals surface area contributed by atoms with Crippen LogP contribution in [-0.2, 0) is 16.0 Å². The van der Waals surface area contributed by atoms with Crippen molar-refractivity contribution in [2.24, 2.45) is 0 Å². The van der Waals surface area contributed by atoms with Gasteiger partial charge in [0.15, 0.2) is 5.82 Å². The molecule has 2 unspecified atom stereocenters. The van der Waals surface area contributed by atoms with E-state index >= 15 is 0 Å². The van der Waals surface area contributed by atoms with Crippen molar-refractivity contribution in [2.45, 2.75) is 77.4 Å². The Hall–Kier alpha value is -2.84. The lowest BCUT2D eigenvalue weighted by Gasteiger charge is -2.17. The molecule has 1 saturated carbocycles. The first kappa shape index (κ1) is 20.9. The minimum Gasteiger partial charge on any atom is -0.446 e. The van der Waals surface area contributed by atoms with E-state index in [4.69, 9.17) is 9.26 Å². The van der Waals surface area contributed by atoms with Gasteiger partial charge in [0.1, 0.15) is 11.9 Å². The molecule has 1 aliphatic rings. The molecule has 9 nitrogen and oxygen atoms in total. The number of hydrogen-bond acceptors (Lipinski definition) is 6. The normalized spacial score (nSPS) is 19.6. The maximum absolute atomic E-state index is 12.1. The summed E-state index contributed by atoms with van der Waals surface area (Å²) in [5.74, 6) is 1.11. The Morgan fingerprint density at radius 3 is 2.83 bits per heavy atom. The number of nitrogens with one attached hydrogen (secondary N) is 3. The van der Waals surface area contributed by atoms with Crippen molar-refractivity contribution in [3.05, 3.63) is 29.3 Å². The molecule has 2 amide bonds. The molecule has 0 bridgehead atoms. The molecule has 3 N–H and O–H groups in total. The molecule has 0 spiro atoms. The number of carbonyl (C=O) groups excluding carboxylic acids is 2. The summed E-state index contributed by atoms with van der Waals surface area (Å²) in [5, 5.41) is 16.6. The Bertz CT molecular complexity index is 828. The van der Waals surface area contributed by atoms with Gasteiger partial charge >= 0.3 is 6.09 Å². The Kier molecular flexibility index (Phi) is 6.90. The molecule has 0 saturated heterocycles. The minimum absolute atomic E-state index is 0.0627. The lowest BCUT2D eigenvalue weighted by atomic mass is 9.97. The van der Waals surface area contributed by atoms with Crippen LogP contribution >= 0.6 is 0 Å². The SMILES string of the molecule is Cc1cc(CC(=O)Nc2cc(C3CCCC(OC(=O)NC(C)C)CC3)[nH]n2)on1. The summed E-state index contributed by atoms with van der Waals surface area (Å²) in [6.07, 6.45) is 4.21. The van der Waals surface area contributed by atoms with Crippen molar-refractivity contribution in [1.82, 2.24) is 20.7 Å². The fourth-order valence-corrected chi connectivity index (χ4v) is 3.57. The molecule has 1 aliphatic carbocycles. The van der Waals surface area contributed by atoms with Gasteiger partial charge in [-0.1, -0.05) is 5.16 Å². The molecular formula is C20H29N5O4. The standard InChI is InChI=1S/C20H29N5O4/c1-12(2)21-20(27)28-15-6-4-5-14(7-8-15)17-11-18(24-23-17)22-19(26)10-16-9-13(3)25-29-16/h9,11-12,14-15H,4-8,10H2,1-3H3,(H,21,27)(H2,22,23,24,26). The van der Waals surface area contributed by atoms with Crippen LogP contribution in [0.25, 0.3) is 0 Å². The number of aromatic amines is 1. The molecule has 1 fully saturated rings. The fraction of sp³-hybridized carbons (Fsp3) is 0.600. The molecule has 3 rings (SSSR count). The first-order valence-corrected chi connectivity index (χ1v) is 10.1. The molecule has 9 heteroatoms. The molecular weight excluding hydrogens is 374 g/mol. The highest BCUT2D eigenvalue weighted by molar-refractivity contribution is 5.91. The van der Waals surface area contributed by atoms with Crippen LogP contribution < -0.4 is 10.6 Å². The molecule has 0 aliphatic heterocycles. The number of aromatic nitrogens is 3. The second kappa shape index (κ2) is 9.58. The molecule has 2 aromatic rings. The Morgan fingerprint density at radius 2 is 2.10 bits per heavy atom. The van der Waals surface area contributed by atoms with Gasteiger partial charge in [0.25, 0.3) is 0 Å². The van der Waals surface area contributed by atoms with Gasteiger partial charge in [-0.3, -0.25) is 9.89 Å². The van der Waals surface area contributed by atoms with Gasteiger partial charge < -0.3 is 19.9 Å². The van der Waals surface area contributed by atoms with Gasteiger partial charge in [-0.15, -0.1) is 0 Å². The topological polar surface area (TPSA) is 122 Å². The number of H-pyrrole nitrogens is 1. The molecule has 0 aromatic carbocycles. The van der Waals surface area contributed by atoms with Crippen molar-refractivity contribution in [2.75, 3.05) is 5.32 Å². The summed E-state index contributed by atoms with van der Waals surface area (Å²) >= 11 is 0. The molecule has 2 aromatic heterocycles. The third kappa shape index (κ3) is 6.33. The number of carbonyl (C=O) groups is 2. The summed E-state index contributed by atoms with van der Waals surface area (Å²) < 4.78 is 10.6. The van der Waals surface area contributed by atoms with E-state index in [0.29, 0.717) is 17.5 Å². The van der Waals surface area contributed by atoms with E-state index in [0.717, 1.165) is 43.5 Å². The van der Waals surface area contributed by atoms with E-state index in [-0.39, 0.29) is 30.6 Å². The van der Waals surface area contributed by atoms with Gasteiger partial charge in [0.2, 0.25) is 5.91 Å². The maximum atomic E-state index is 12.1. The van der Waals surface area contributed by atoms with E-state index in [9.17, 15) is 9.59 Å². The third-order valence-corrected chi connectivity index (χ3v) is 4.91. The predicted octanol–water partition coefficient (Wildman–Crippen LogP) is 3.44. The Balaban J connectivity index is 1.49. The summed E-state index contributed by atoms with van der Waals surface area (Å²) in [6.45, 7) is 5.63. The number of rotatable bonds is 6. The van der Waals surface area contributed by atoms with Crippen LogP contribution in [0.15, 0.2) is 16.7 Å². The predicted molar refractivity (Wildman–Crippen MR) is 107 cm³/mol. The number of nitrogens with zero attached hydrogens (tertiary/aromatic N) is 2. The molecule has 29 heavy (non-hydrogen) atoms. The average molecular weight is 403 g/mol. The van der Waals surface area contributed by atoms with Crippen molar-refractivity contribution in [3.8, 4) is 0 Å². The van der Waals surface area contributed by atoms with E-state index in [1.807, 2.05) is 26.8 Å². The maximum Gasteiger partial charge on any atom is 0.407 e. The first-order valence-electron chi connectivity index (χ1n) is 10.1. The van der Waals surface area contributed by atoms with Gasteiger partial charge in [-0.25, -0.2) is 4.79 Å². The monoisotopic (exact) mass is 403 g/mol. The van der Waals surface area contributed by atoms with E-state index < -0.39 is 0 Å². The summed E-state index contributed by atoms with van der Waals surface area (Å²) in [5.41, 5.74) is 1.73. The number of hydrogen-bond donors (Lipinski definition) is 3. The van der Waals surface area contributed by atoms with Gasteiger partial charge in [0, 0.05) is 29.8 Å². The summed E-state index contributed by atoms with van der Waals surface area (Å²) in [6, 6.07) is 3.68. The van der Waals surface area contributed by atoms with Crippen molar-refractivity contribution in [3.63, 3.8) is 0 Å². The van der Waals surface area contributed by atoms with Crippen LogP contribution in [0, 0.1) is 6.92 Å². The summed E-state index contributed by atoms with van der Waals surface area (Å²) in [4.78, 5) is 24.0. The first-order chi connectivity index (χ1) is 13.9. The minimum atomic E-state index is -0.350. The zero-order valence-corrected chi connectivity index (χ0v) is 17.2. The number of alkyl carbamates (subject to hydrolysis) is 1. The highest BCUT2D eigenvalue weighted by Crippen LogP contribution is 2.32. The lowest BCUT2D eigenvalue weighted by molar-refractivity contribution is -0.115. The van der Waals surface area contributed by atoms with Gasteiger partial charge in [-0.05, 0) is 52.9 Å². The van der Waals surface area contributed by atoms with E-state index in [2.05, 4.69) is 26.0 Å². The van der Waals surface area contributed by atoms with Gasteiger partial charge in [0.05, 0.1) is 12.1 Å². The molecule has 2 atom stereocenters. The van der Waals surface area contributed by atoms with E-state index in [1.54, 1.807) is 6.07 Å². The van der Waals surface area contributed by atoms with Crippen LogP contribution in [0.2, 0.25) is 0 Å². The third-order valence-electron chi connectivity index (χ3n) is 4.91. The van der Waals surface area contributed by atoms with Crippen molar-refractivity contribution >= 4 is 17.8 Å². The van der Waals surface area contributed by atoms with Crippen LogP contribution in [-0.4, -0.2) is 39.5 Å². The highest BCUT2D eigenvalue weighted by Gasteiger charge is 2.24. The van der Waals surface area contributed by atoms with E-state index in [1.165, 1.54) is 0 Å². The zero-order valence-electron chi connectivity index (χ0n) is 17.2. The second-order valence-corrected chi connectivity index (χ2v) is 7.90. The molecule has 0 radical (unpaired) electrons. The highest BCUT2D eigenvalue weighted by atomic mass is 16.6. The van der Waals surface area contributed by atoms with Crippen LogP contribution in [0.1, 0.15) is 69.0 Å².